The minimum atomic E-state index is -4.50. The molecule has 0 N–H and O–H groups in total. The normalized spacial score (nSPS) is 11.6. The van der Waals surface area contributed by atoms with Gasteiger partial charge in [0.1, 0.15) is 5.69 Å². The fraction of sp³-hybridized carbons (Fsp3) is 0.143. The van der Waals surface area contributed by atoms with Crippen LogP contribution in [0.4, 0.5) is 13.2 Å². The molecule has 0 saturated carbocycles. The summed E-state index contributed by atoms with van der Waals surface area (Å²) in [6.45, 7) is 0. The number of aromatic nitrogens is 4. The first-order chi connectivity index (χ1) is 11.0. The Balaban J connectivity index is 1.69. The Hall–Kier alpha value is -2.42. The predicted octanol–water partition coefficient (Wildman–Crippen LogP) is 3.84. The molecule has 5 nitrogen and oxygen atoms in total. The molecule has 0 amide bonds. The van der Waals surface area contributed by atoms with Crippen molar-refractivity contribution in [3.05, 3.63) is 54.2 Å². The van der Waals surface area contributed by atoms with E-state index in [-0.39, 0.29) is 16.8 Å². The van der Waals surface area contributed by atoms with E-state index in [9.17, 15) is 13.2 Å². The van der Waals surface area contributed by atoms with E-state index in [1.54, 1.807) is 0 Å². The van der Waals surface area contributed by atoms with Gasteiger partial charge < -0.3 is 4.42 Å². The van der Waals surface area contributed by atoms with Crippen molar-refractivity contribution < 1.29 is 17.6 Å². The summed E-state index contributed by atoms with van der Waals surface area (Å²) >= 11 is 0.994. The quantitative estimate of drug-likeness (QED) is 0.532. The molecule has 0 unspecified atom stereocenters. The first kappa shape index (κ1) is 15.5. The van der Waals surface area contributed by atoms with E-state index in [2.05, 4.69) is 20.2 Å². The van der Waals surface area contributed by atoms with Crippen LogP contribution < -0.4 is 0 Å². The predicted molar refractivity (Wildman–Crippen MR) is 76.3 cm³/mol. The van der Waals surface area contributed by atoms with Crippen LogP contribution in [0.15, 0.2) is 52.2 Å². The van der Waals surface area contributed by atoms with Gasteiger partial charge in [0.05, 0.1) is 5.75 Å². The third-order valence-corrected chi connectivity index (χ3v) is 3.58. The highest BCUT2D eigenvalue weighted by Crippen LogP contribution is 2.29. The third-order valence-electron chi connectivity index (χ3n) is 2.74. The lowest BCUT2D eigenvalue weighted by atomic mass is 10.2. The molecule has 118 valence electrons. The lowest BCUT2D eigenvalue weighted by Gasteiger charge is -2.05. The summed E-state index contributed by atoms with van der Waals surface area (Å²) in [5.41, 5.74) is -0.211. The molecule has 9 heteroatoms. The molecule has 2 aromatic heterocycles. The van der Waals surface area contributed by atoms with Gasteiger partial charge in [0, 0.05) is 11.8 Å². The van der Waals surface area contributed by atoms with Gasteiger partial charge in [0.15, 0.2) is 5.16 Å². The van der Waals surface area contributed by atoms with E-state index in [0.29, 0.717) is 5.89 Å². The van der Waals surface area contributed by atoms with Crippen molar-refractivity contribution >= 4 is 11.8 Å². The van der Waals surface area contributed by atoms with Crippen LogP contribution in [-0.4, -0.2) is 20.2 Å². The zero-order valence-electron chi connectivity index (χ0n) is 11.5. The molecular formula is C14H9F3N4OS. The van der Waals surface area contributed by atoms with Crippen LogP contribution in [0.5, 0.6) is 0 Å². The molecule has 0 spiro atoms. The van der Waals surface area contributed by atoms with Crippen LogP contribution in [0.1, 0.15) is 11.6 Å². The summed E-state index contributed by atoms with van der Waals surface area (Å²) in [6.07, 6.45) is -3.43. The summed E-state index contributed by atoms with van der Waals surface area (Å²) < 4.78 is 43.2. The molecule has 0 aliphatic carbocycles. The average molecular weight is 338 g/mol. The van der Waals surface area contributed by atoms with Crippen molar-refractivity contribution in [3.63, 3.8) is 0 Å². The molecule has 0 saturated heterocycles. The van der Waals surface area contributed by atoms with Gasteiger partial charge >= 0.3 is 6.18 Å². The molecule has 1 aromatic carbocycles. The van der Waals surface area contributed by atoms with Gasteiger partial charge in [-0.1, -0.05) is 30.0 Å². The van der Waals surface area contributed by atoms with Crippen molar-refractivity contribution in [1.29, 1.82) is 0 Å². The van der Waals surface area contributed by atoms with Gasteiger partial charge in [0.25, 0.3) is 0 Å². The molecule has 3 rings (SSSR count). The Morgan fingerprint density at radius 2 is 1.83 bits per heavy atom. The molecule has 0 bridgehead atoms. The van der Waals surface area contributed by atoms with Gasteiger partial charge in [-0.25, -0.2) is 9.97 Å². The molecule has 0 fully saturated rings. The van der Waals surface area contributed by atoms with Crippen LogP contribution in [0.25, 0.3) is 11.5 Å². The second-order valence-corrected chi connectivity index (χ2v) is 5.32. The Morgan fingerprint density at radius 1 is 1.04 bits per heavy atom. The van der Waals surface area contributed by atoms with Gasteiger partial charge in [-0.2, -0.15) is 13.2 Å². The van der Waals surface area contributed by atoms with Crippen LogP contribution in [0, 0.1) is 0 Å². The lowest BCUT2D eigenvalue weighted by Crippen LogP contribution is -2.08. The number of thioether (sulfide) groups is 1. The largest absolute Gasteiger partial charge is 0.433 e. The van der Waals surface area contributed by atoms with Crippen LogP contribution >= 0.6 is 11.8 Å². The van der Waals surface area contributed by atoms with Crippen LogP contribution in [0.3, 0.4) is 0 Å². The minimum absolute atomic E-state index is 0.000661. The highest BCUT2D eigenvalue weighted by atomic mass is 32.2. The van der Waals surface area contributed by atoms with Gasteiger partial charge in [-0.05, 0) is 18.2 Å². The topological polar surface area (TPSA) is 64.7 Å². The van der Waals surface area contributed by atoms with Gasteiger partial charge in [-0.3, -0.25) is 0 Å². The summed E-state index contributed by atoms with van der Waals surface area (Å²) in [5, 5.41) is 7.77. The van der Waals surface area contributed by atoms with Gasteiger partial charge in [0.2, 0.25) is 11.8 Å². The molecule has 2 heterocycles. The molecule has 0 aliphatic heterocycles. The summed E-state index contributed by atoms with van der Waals surface area (Å²) in [5.74, 6) is 0.822. The Morgan fingerprint density at radius 3 is 2.57 bits per heavy atom. The Kier molecular flexibility index (Phi) is 4.28. The Bertz CT molecular complexity index is 792. The number of hydrogen-bond donors (Lipinski definition) is 0. The maximum absolute atomic E-state index is 12.6. The summed E-state index contributed by atoms with van der Waals surface area (Å²) in [7, 11) is 0. The van der Waals surface area contributed by atoms with Crippen molar-refractivity contribution in [2.75, 3.05) is 0 Å². The highest BCUT2D eigenvalue weighted by molar-refractivity contribution is 7.98. The van der Waals surface area contributed by atoms with E-state index in [0.717, 1.165) is 29.6 Å². The zero-order chi connectivity index (χ0) is 16.3. The fourth-order valence-corrected chi connectivity index (χ4v) is 2.37. The first-order valence-corrected chi connectivity index (χ1v) is 7.42. The summed E-state index contributed by atoms with van der Waals surface area (Å²) in [4.78, 5) is 7.26. The third kappa shape index (κ3) is 3.86. The number of nitrogens with zero attached hydrogens (tertiary/aromatic N) is 4. The number of alkyl halides is 3. The van der Waals surface area contributed by atoms with E-state index in [4.69, 9.17) is 4.42 Å². The van der Waals surface area contributed by atoms with E-state index < -0.39 is 11.9 Å². The maximum Gasteiger partial charge on any atom is 0.433 e. The molecule has 23 heavy (non-hydrogen) atoms. The van der Waals surface area contributed by atoms with Crippen molar-refractivity contribution in [1.82, 2.24) is 20.2 Å². The van der Waals surface area contributed by atoms with Crippen molar-refractivity contribution in [2.24, 2.45) is 0 Å². The number of halogens is 3. The fourth-order valence-electron chi connectivity index (χ4n) is 1.70. The van der Waals surface area contributed by atoms with Crippen LogP contribution in [-0.2, 0) is 11.9 Å². The number of hydrogen-bond acceptors (Lipinski definition) is 6. The Labute approximate surface area is 133 Å². The number of rotatable bonds is 4. The van der Waals surface area contributed by atoms with Crippen molar-refractivity contribution in [2.45, 2.75) is 17.1 Å². The lowest BCUT2D eigenvalue weighted by molar-refractivity contribution is -0.141. The smallest absolute Gasteiger partial charge is 0.420 e. The minimum Gasteiger partial charge on any atom is -0.420 e. The molecule has 0 aliphatic rings. The zero-order valence-corrected chi connectivity index (χ0v) is 12.3. The highest BCUT2D eigenvalue weighted by Gasteiger charge is 2.32. The van der Waals surface area contributed by atoms with E-state index in [1.165, 1.54) is 0 Å². The van der Waals surface area contributed by atoms with E-state index >= 15 is 0 Å². The first-order valence-electron chi connectivity index (χ1n) is 6.43. The average Bonchev–Trinajstić information content (AvgIpc) is 3.02. The SMILES string of the molecule is FC(F)(F)c1ccnc(SCc2nnc(-c3ccccc3)o2)n1. The molecule has 0 radical (unpaired) electrons. The standard InChI is InChI=1S/C14H9F3N4OS/c15-14(16,17)10-6-7-18-13(19-10)23-8-11-20-21-12(22-11)9-4-2-1-3-5-9/h1-7H,8H2. The molecule has 0 atom stereocenters. The number of benzene rings is 1. The summed E-state index contributed by atoms with van der Waals surface area (Å²) in [6, 6.07) is 10.0. The van der Waals surface area contributed by atoms with Crippen molar-refractivity contribution in [3.8, 4) is 11.5 Å². The van der Waals surface area contributed by atoms with E-state index in [1.807, 2.05) is 30.3 Å². The van der Waals surface area contributed by atoms with Crippen LogP contribution in [0.2, 0.25) is 0 Å². The van der Waals surface area contributed by atoms with Gasteiger partial charge in [-0.15, -0.1) is 10.2 Å². The second kappa shape index (κ2) is 6.37. The monoisotopic (exact) mass is 338 g/mol. The maximum atomic E-state index is 12.6. The molecular weight excluding hydrogens is 329 g/mol. The second-order valence-electron chi connectivity index (χ2n) is 4.38. The molecule has 3 aromatic rings.